The topological polar surface area (TPSA) is 60.9 Å². The van der Waals surface area contributed by atoms with Crippen LogP contribution in [0, 0.1) is 46.3 Å². The minimum absolute atomic E-state index is 0.197. The molecule has 0 saturated heterocycles. The number of carbonyl (C=O) groups excluding carboxylic acids is 1. The first-order valence-corrected chi connectivity index (χ1v) is 12.1. The van der Waals surface area contributed by atoms with Crippen molar-refractivity contribution in [2.24, 2.45) is 46.3 Å². The molecule has 0 spiro atoms. The Balaban J connectivity index is 1.35. The van der Waals surface area contributed by atoms with Gasteiger partial charge in [-0.25, -0.2) is 0 Å². The molecule has 0 aromatic carbocycles. The fourth-order valence-corrected chi connectivity index (χ4v) is 8.74. The lowest BCUT2D eigenvalue weighted by atomic mass is 9.44. The maximum Gasteiger partial charge on any atom is 0.157 e. The number of Topliss-reactive ketones (excluding diaryl/α,β-unsaturated/α-hetero) is 1. The monoisotopic (exact) mass is 397 g/mol. The van der Waals surface area contributed by atoms with Crippen LogP contribution in [0.4, 0.5) is 5.69 Å². The quantitative estimate of drug-likeness (QED) is 0.750. The molecule has 4 fully saturated rings. The van der Waals surface area contributed by atoms with Gasteiger partial charge in [0.05, 0.1) is 18.4 Å². The van der Waals surface area contributed by atoms with E-state index in [0.717, 1.165) is 36.0 Å². The van der Waals surface area contributed by atoms with Gasteiger partial charge in [-0.15, -0.1) is 0 Å². The molecule has 4 nitrogen and oxygen atoms in total. The number of carbonyl (C=O) groups is 1. The Morgan fingerprint density at radius 1 is 1.10 bits per heavy atom. The predicted octanol–water partition coefficient (Wildman–Crippen LogP) is 5.33. The Kier molecular flexibility index (Phi) is 4.64. The summed E-state index contributed by atoms with van der Waals surface area (Å²) in [5.41, 5.74) is 7.19. The van der Waals surface area contributed by atoms with Gasteiger partial charge in [0.15, 0.2) is 5.78 Å². The van der Waals surface area contributed by atoms with Gasteiger partial charge in [-0.2, -0.15) is 5.10 Å². The Morgan fingerprint density at radius 3 is 2.62 bits per heavy atom. The van der Waals surface area contributed by atoms with Crippen molar-refractivity contribution in [1.82, 2.24) is 9.78 Å². The van der Waals surface area contributed by atoms with Gasteiger partial charge in [-0.05, 0) is 91.8 Å². The lowest BCUT2D eigenvalue weighted by Crippen LogP contribution is -2.53. The largest absolute Gasteiger partial charge is 0.396 e. The van der Waals surface area contributed by atoms with E-state index in [9.17, 15) is 4.79 Å². The van der Waals surface area contributed by atoms with Crippen molar-refractivity contribution in [3.8, 4) is 0 Å². The number of hydrogen-bond donors (Lipinski definition) is 1. The van der Waals surface area contributed by atoms with Crippen LogP contribution < -0.4 is 5.73 Å². The summed E-state index contributed by atoms with van der Waals surface area (Å²) in [6.45, 7) is 7.95. The Morgan fingerprint density at radius 2 is 1.86 bits per heavy atom. The third-order valence-electron chi connectivity index (χ3n) is 10.3. The number of anilines is 1. The zero-order valence-electron chi connectivity index (χ0n) is 18.6. The molecule has 0 radical (unpaired) electrons. The van der Waals surface area contributed by atoms with E-state index in [4.69, 9.17) is 5.73 Å². The van der Waals surface area contributed by atoms with E-state index in [1.807, 2.05) is 0 Å². The molecule has 0 bridgehead atoms. The fraction of sp³-hybridized carbons (Fsp3) is 0.840. The number of hydrogen-bond acceptors (Lipinski definition) is 3. The number of ketones is 1. The summed E-state index contributed by atoms with van der Waals surface area (Å²) in [4.78, 5) is 13.3. The highest BCUT2D eigenvalue weighted by Gasteiger charge is 2.60. The average Bonchev–Trinajstić information content (AvgIpc) is 3.24. The van der Waals surface area contributed by atoms with Crippen LogP contribution in [-0.4, -0.2) is 15.6 Å². The van der Waals surface area contributed by atoms with Gasteiger partial charge in [0.25, 0.3) is 0 Å². The summed E-state index contributed by atoms with van der Waals surface area (Å²) in [6, 6.07) is 0. The van der Waals surface area contributed by atoms with Crippen LogP contribution in [0.2, 0.25) is 0 Å². The molecule has 6 unspecified atom stereocenters. The van der Waals surface area contributed by atoms with Gasteiger partial charge in [0.2, 0.25) is 0 Å². The predicted molar refractivity (Wildman–Crippen MR) is 116 cm³/mol. The maximum absolute atomic E-state index is 13.3. The second-order valence-corrected chi connectivity index (χ2v) is 11.6. The summed E-state index contributed by atoms with van der Waals surface area (Å²) in [6.07, 6.45) is 15.5. The molecule has 4 aliphatic carbocycles. The second-order valence-electron chi connectivity index (χ2n) is 11.6. The summed E-state index contributed by atoms with van der Waals surface area (Å²) < 4.78 is 1.73. The van der Waals surface area contributed by atoms with Crippen molar-refractivity contribution < 1.29 is 4.79 Å². The minimum Gasteiger partial charge on any atom is -0.396 e. The van der Waals surface area contributed by atoms with Gasteiger partial charge < -0.3 is 5.73 Å². The molecular weight excluding hydrogens is 358 g/mol. The molecule has 29 heavy (non-hydrogen) atoms. The first-order valence-electron chi connectivity index (χ1n) is 12.1. The van der Waals surface area contributed by atoms with Crippen LogP contribution in [-0.2, 0) is 11.3 Å². The van der Waals surface area contributed by atoms with Crippen LogP contribution in [0.5, 0.6) is 0 Å². The van der Waals surface area contributed by atoms with Crippen molar-refractivity contribution in [1.29, 1.82) is 0 Å². The standard InChI is InChI=1S/C25H39N3O/c1-16-8-10-24(2)17(12-16)4-5-19-20-6-7-22(25(20,3)11-9-21(19)24)23(29)15-28-14-18(26)13-27-28/h13-14,16-17,19-22H,4-12,15,26H2,1-3H3/t16-,17?,19?,20?,21?,22+,24?,25?/m0/s1. The van der Waals surface area contributed by atoms with Gasteiger partial charge in [0, 0.05) is 12.1 Å². The first kappa shape index (κ1) is 19.6. The van der Waals surface area contributed by atoms with Gasteiger partial charge >= 0.3 is 0 Å². The molecule has 1 aromatic rings. The van der Waals surface area contributed by atoms with Gasteiger partial charge in [-0.3, -0.25) is 9.48 Å². The normalized spacial score (nSPS) is 46.6. The third-order valence-corrected chi connectivity index (χ3v) is 10.3. The van der Waals surface area contributed by atoms with E-state index in [2.05, 4.69) is 25.9 Å². The molecule has 2 N–H and O–H groups in total. The highest BCUT2D eigenvalue weighted by atomic mass is 16.1. The Hall–Kier alpha value is -1.32. The minimum atomic E-state index is 0.197. The highest BCUT2D eigenvalue weighted by molar-refractivity contribution is 5.82. The molecule has 4 aliphatic rings. The van der Waals surface area contributed by atoms with E-state index < -0.39 is 0 Å². The van der Waals surface area contributed by atoms with Crippen molar-refractivity contribution >= 4 is 11.5 Å². The number of fused-ring (bicyclic) bond motifs is 5. The van der Waals surface area contributed by atoms with Crippen LogP contribution in [0.15, 0.2) is 12.4 Å². The second kappa shape index (κ2) is 6.85. The molecule has 5 rings (SSSR count). The van der Waals surface area contributed by atoms with E-state index in [0.29, 0.717) is 23.4 Å². The molecule has 4 saturated carbocycles. The van der Waals surface area contributed by atoms with E-state index in [-0.39, 0.29) is 11.3 Å². The SMILES string of the molecule is C[C@H]1CCC2(C)C(CCC3C2CCC2(C)C3CC[C@@H]2C(=O)Cn2cc(N)cn2)C1. The summed E-state index contributed by atoms with van der Waals surface area (Å²) in [5, 5.41) is 4.25. The van der Waals surface area contributed by atoms with E-state index >= 15 is 0 Å². The summed E-state index contributed by atoms with van der Waals surface area (Å²) >= 11 is 0. The lowest BCUT2D eigenvalue weighted by Gasteiger charge is -2.61. The van der Waals surface area contributed by atoms with Gasteiger partial charge in [-0.1, -0.05) is 27.2 Å². The Labute approximate surface area is 176 Å². The number of nitrogens with two attached hydrogens (primary N) is 1. The molecule has 0 aliphatic heterocycles. The zero-order chi connectivity index (χ0) is 20.4. The molecule has 0 amide bonds. The van der Waals surface area contributed by atoms with E-state index in [1.54, 1.807) is 17.1 Å². The molecular formula is C25H39N3O. The average molecular weight is 398 g/mol. The molecule has 1 aromatic heterocycles. The van der Waals surface area contributed by atoms with E-state index in [1.165, 1.54) is 51.4 Å². The van der Waals surface area contributed by atoms with Crippen molar-refractivity contribution in [3.05, 3.63) is 12.4 Å². The molecule has 8 atom stereocenters. The molecule has 1 heterocycles. The number of nitrogens with zero attached hydrogens (tertiary/aromatic N) is 2. The summed E-state index contributed by atoms with van der Waals surface area (Å²) in [5.74, 6) is 4.94. The van der Waals surface area contributed by atoms with Crippen LogP contribution in [0.3, 0.4) is 0 Å². The third kappa shape index (κ3) is 2.99. The van der Waals surface area contributed by atoms with Crippen LogP contribution >= 0.6 is 0 Å². The lowest BCUT2D eigenvalue weighted by molar-refractivity contribution is -0.137. The number of nitrogen functional groups attached to an aromatic ring is 1. The zero-order valence-corrected chi connectivity index (χ0v) is 18.6. The van der Waals surface area contributed by atoms with Gasteiger partial charge in [0.1, 0.15) is 0 Å². The number of aromatic nitrogens is 2. The smallest absolute Gasteiger partial charge is 0.157 e. The van der Waals surface area contributed by atoms with Crippen LogP contribution in [0.1, 0.15) is 78.6 Å². The number of rotatable bonds is 3. The fourth-order valence-electron chi connectivity index (χ4n) is 8.74. The van der Waals surface area contributed by atoms with Crippen molar-refractivity contribution in [3.63, 3.8) is 0 Å². The molecule has 160 valence electrons. The van der Waals surface area contributed by atoms with Crippen LogP contribution in [0.25, 0.3) is 0 Å². The maximum atomic E-state index is 13.3. The first-order chi connectivity index (χ1) is 13.8. The highest BCUT2D eigenvalue weighted by Crippen LogP contribution is 2.67. The Bertz CT molecular complexity index is 787. The summed E-state index contributed by atoms with van der Waals surface area (Å²) in [7, 11) is 0. The van der Waals surface area contributed by atoms with Crippen molar-refractivity contribution in [2.45, 2.75) is 85.1 Å². The van der Waals surface area contributed by atoms with Crippen molar-refractivity contribution in [2.75, 3.05) is 5.73 Å². The molecule has 4 heteroatoms.